The van der Waals surface area contributed by atoms with Gasteiger partial charge in [0.05, 0.1) is 11.5 Å². The van der Waals surface area contributed by atoms with Crippen LogP contribution in [0.25, 0.3) is 0 Å². The minimum absolute atomic E-state index is 0.0504. The van der Waals surface area contributed by atoms with Gasteiger partial charge in [-0.15, -0.1) is 0 Å². The molecule has 0 radical (unpaired) electrons. The molecular formula is C15H17N5O2. The zero-order chi connectivity index (χ0) is 15.8. The predicted molar refractivity (Wildman–Crippen MR) is 84.4 cm³/mol. The van der Waals surface area contributed by atoms with E-state index in [0.717, 1.165) is 17.7 Å². The molecule has 2 aromatic rings. The van der Waals surface area contributed by atoms with Crippen molar-refractivity contribution >= 4 is 11.6 Å². The summed E-state index contributed by atoms with van der Waals surface area (Å²) in [7, 11) is 0. The van der Waals surface area contributed by atoms with Crippen LogP contribution in [0.5, 0.6) is 0 Å². The lowest BCUT2D eigenvalue weighted by Crippen LogP contribution is -2.33. The van der Waals surface area contributed by atoms with E-state index >= 15 is 0 Å². The Morgan fingerprint density at radius 1 is 1.32 bits per heavy atom. The number of nitrogens with zero attached hydrogens (tertiary/aromatic N) is 3. The van der Waals surface area contributed by atoms with Crippen LogP contribution in [-0.2, 0) is 13.0 Å². The van der Waals surface area contributed by atoms with E-state index in [1.807, 2.05) is 18.2 Å². The van der Waals surface area contributed by atoms with E-state index in [1.165, 1.54) is 12.1 Å². The highest BCUT2D eigenvalue weighted by Crippen LogP contribution is 2.13. The number of hydrogen-bond acceptors (Lipinski definition) is 4. The van der Waals surface area contributed by atoms with Crippen LogP contribution in [0, 0.1) is 10.1 Å². The van der Waals surface area contributed by atoms with Crippen molar-refractivity contribution in [3.63, 3.8) is 0 Å². The number of benzene rings is 1. The molecule has 1 heterocycles. The molecule has 0 bridgehead atoms. The van der Waals surface area contributed by atoms with Crippen LogP contribution in [0.1, 0.15) is 11.3 Å². The largest absolute Gasteiger partial charge is 0.370 e. The summed E-state index contributed by atoms with van der Waals surface area (Å²) in [5.74, 6) is 0.308. The Hall–Kier alpha value is -2.96. The second kappa shape index (κ2) is 7.72. The van der Waals surface area contributed by atoms with Gasteiger partial charge < -0.3 is 11.1 Å². The third-order valence-electron chi connectivity index (χ3n) is 2.97. The Bertz CT molecular complexity index is 658. The van der Waals surface area contributed by atoms with E-state index in [-0.39, 0.29) is 5.69 Å². The molecule has 0 saturated carbocycles. The Labute approximate surface area is 128 Å². The van der Waals surface area contributed by atoms with Crippen LogP contribution in [-0.4, -0.2) is 22.4 Å². The first-order valence-corrected chi connectivity index (χ1v) is 6.82. The molecule has 0 aliphatic rings. The molecule has 0 fully saturated rings. The lowest BCUT2D eigenvalue weighted by molar-refractivity contribution is -0.384. The lowest BCUT2D eigenvalue weighted by Gasteiger charge is -2.05. The summed E-state index contributed by atoms with van der Waals surface area (Å²) in [5.41, 5.74) is 7.53. The number of nitro benzene ring substituents is 1. The van der Waals surface area contributed by atoms with Gasteiger partial charge in [-0.3, -0.25) is 15.1 Å². The average Bonchev–Trinajstić information content (AvgIpc) is 2.54. The van der Waals surface area contributed by atoms with Crippen molar-refractivity contribution < 1.29 is 4.92 Å². The second-order valence-corrected chi connectivity index (χ2v) is 4.63. The molecule has 3 N–H and O–H groups in total. The summed E-state index contributed by atoms with van der Waals surface area (Å²) >= 11 is 0. The van der Waals surface area contributed by atoms with Crippen molar-refractivity contribution in [1.82, 2.24) is 10.3 Å². The van der Waals surface area contributed by atoms with Gasteiger partial charge in [0, 0.05) is 37.0 Å². The summed E-state index contributed by atoms with van der Waals surface area (Å²) in [6, 6.07) is 12.1. The minimum atomic E-state index is -0.429. The molecule has 0 spiro atoms. The first-order chi connectivity index (χ1) is 10.6. The van der Waals surface area contributed by atoms with Gasteiger partial charge in [-0.05, 0) is 17.7 Å². The number of aromatic nitrogens is 1. The maximum absolute atomic E-state index is 10.7. The Kier molecular flexibility index (Phi) is 5.42. The highest BCUT2D eigenvalue weighted by Gasteiger charge is 2.05. The quantitative estimate of drug-likeness (QED) is 0.365. The van der Waals surface area contributed by atoms with Gasteiger partial charge in [-0.2, -0.15) is 0 Å². The molecular weight excluding hydrogens is 282 g/mol. The van der Waals surface area contributed by atoms with E-state index in [4.69, 9.17) is 5.73 Å². The number of nitrogens with two attached hydrogens (primary N) is 1. The first-order valence-electron chi connectivity index (χ1n) is 6.82. The second-order valence-electron chi connectivity index (χ2n) is 4.63. The average molecular weight is 299 g/mol. The topological polar surface area (TPSA) is 106 Å². The number of nitro groups is 1. The SMILES string of the molecule is NC(=NCc1cccc([N+](=O)[O-])c1)NCCc1ccccn1. The van der Waals surface area contributed by atoms with Gasteiger partial charge in [0.2, 0.25) is 0 Å². The summed E-state index contributed by atoms with van der Waals surface area (Å²) in [6.45, 7) is 0.922. The summed E-state index contributed by atoms with van der Waals surface area (Å²) < 4.78 is 0. The molecule has 1 aromatic carbocycles. The van der Waals surface area contributed by atoms with Crippen molar-refractivity contribution in [3.8, 4) is 0 Å². The molecule has 114 valence electrons. The molecule has 0 saturated heterocycles. The zero-order valence-corrected chi connectivity index (χ0v) is 12.0. The summed E-state index contributed by atoms with van der Waals surface area (Å²) in [6.07, 6.45) is 2.49. The molecule has 0 aliphatic heterocycles. The van der Waals surface area contributed by atoms with Crippen LogP contribution < -0.4 is 11.1 Å². The van der Waals surface area contributed by atoms with Crippen LogP contribution >= 0.6 is 0 Å². The molecule has 7 heteroatoms. The molecule has 7 nitrogen and oxygen atoms in total. The molecule has 1 aromatic heterocycles. The zero-order valence-electron chi connectivity index (χ0n) is 12.0. The van der Waals surface area contributed by atoms with Crippen molar-refractivity contribution in [3.05, 3.63) is 70.0 Å². The van der Waals surface area contributed by atoms with Crippen molar-refractivity contribution in [2.45, 2.75) is 13.0 Å². The fourth-order valence-electron chi connectivity index (χ4n) is 1.87. The van der Waals surface area contributed by atoms with Crippen LogP contribution in [0.4, 0.5) is 5.69 Å². The van der Waals surface area contributed by atoms with Gasteiger partial charge in [-0.25, -0.2) is 4.99 Å². The van der Waals surface area contributed by atoms with Crippen LogP contribution in [0.3, 0.4) is 0 Å². The molecule has 22 heavy (non-hydrogen) atoms. The number of guanidine groups is 1. The normalized spacial score (nSPS) is 11.2. The minimum Gasteiger partial charge on any atom is -0.370 e. The number of hydrogen-bond donors (Lipinski definition) is 2. The van der Waals surface area contributed by atoms with E-state index in [2.05, 4.69) is 15.3 Å². The number of nitrogens with one attached hydrogen (secondary N) is 1. The van der Waals surface area contributed by atoms with E-state index in [1.54, 1.807) is 18.3 Å². The van der Waals surface area contributed by atoms with Gasteiger partial charge in [0.25, 0.3) is 5.69 Å². The Morgan fingerprint density at radius 2 is 2.18 bits per heavy atom. The standard InChI is InChI=1S/C15H17N5O2/c16-15(18-9-7-13-5-1-2-8-17-13)19-11-12-4-3-6-14(10-12)20(21)22/h1-6,8,10H,7,9,11H2,(H3,16,18,19). The maximum Gasteiger partial charge on any atom is 0.269 e. The van der Waals surface area contributed by atoms with Crippen LogP contribution in [0.15, 0.2) is 53.7 Å². The molecule has 0 aliphatic carbocycles. The highest BCUT2D eigenvalue weighted by atomic mass is 16.6. The van der Waals surface area contributed by atoms with E-state index in [0.29, 0.717) is 19.0 Å². The predicted octanol–water partition coefficient (Wildman–Crippen LogP) is 1.64. The summed E-state index contributed by atoms with van der Waals surface area (Å²) in [4.78, 5) is 18.6. The monoisotopic (exact) mass is 299 g/mol. The fraction of sp³-hybridized carbons (Fsp3) is 0.200. The molecule has 0 amide bonds. The summed E-state index contributed by atoms with van der Waals surface area (Å²) in [5, 5.41) is 13.7. The van der Waals surface area contributed by atoms with Gasteiger partial charge in [0.1, 0.15) is 0 Å². The number of aliphatic imine (C=N–C) groups is 1. The first kappa shape index (κ1) is 15.4. The van der Waals surface area contributed by atoms with Crippen molar-refractivity contribution in [1.29, 1.82) is 0 Å². The Morgan fingerprint density at radius 3 is 2.91 bits per heavy atom. The Balaban J connectivity index is 1.82. The molecule has 2 rings (SSSR count). The number of pyridine rings is 1. The molecule has 0 atom stereocenters. The third kappa shape index (κ3) is 4.86. The van der Waals surface area contributed by atoms with Gasteiger partial charge >= 0.3 is 0 Å². The number of non-ortho nitro benzene ring substituents is 1. The number of rotatable bonds is 6. The van der Waals surface area contributed by atoms with Gasteiger partial charge in [-0.1, -0.05) is 18.2 Å². The van der Waals surface area contributed by atoms with E-state index in [9.17, 15) is 10.1 Å². The van der Waals surface area contributed by atoms with Gasteiger partial charge in [0.15, 0.2) is 5.96 Å². The fourth-order valence-corrected chi connectivity index (χ4v) is 1.87. The highest BCUT2D eigenvalue weighted by molar-refractivity contribution is 5.77. The molecule has 0 unspecified atom stereocenters. The van der Waals surface area contributed by atoms with Crippen LogP contribution in [0.2, 0.25) is 0 Å². The maximum atomic E-state index is 10.7. The lowest BCUT2D eigenvalue weighted by atomic mass is 10.2. The van der Waals surface area contributed by atoms with E-state index < -0.39 is 4.92 Å². The van der Waals surface area contributed by atoms with Crippen molar-refractivity contribution in [2.24, 2.45) is 10.7 Å². The third-order valence-corrected chi connectivity index (χ3v) is 2.97. The van der Waals surface area contributed by atoms with Crippen molar-refractivity contribution in [2.75, 3.05) is 6.54 Å². The smallest absolute Gasteiger partial charge is 0.269 e.